The topological polar surface area (TPSA) is 32.5 Å². The van der Waals surface area contributed by atoms with Gasteiger partial charge in [0.05, 0.1) is 0 Å². The number of rotatable bonds is 3. The Hall–Kier alpha value is -0.120. The standard InChI is InChI=1S/C16H31N3/c17-16(14-6-2-1-3-7-14)13-18-9-5-11-19-10-4-8-15(19)12-18/h14-16H,1-13,17H2. The van der Waals surface area contributed by atoms with Crippen LogP contribution in [-0.4, -0.2) is 54.6 Å². The summed E-state index contributed by atoms with van der Waals surface area (Å²) in [5.41, 5.74) is 6.51. The van der Waals surface area contributed by atoms with Crippen molar-refractivity contribution in [1.29, 1.82) is 0 Å². The highest BCUT2D eigenvalue weighted by atomic mass is 15.3. The number of fused-ring (bicyclic) bond motifs is 1. The van der Waals surface area contributed by atoms with Crippen LogP contribution in [0.15, 0.2) is 0 Å². The summed E-state index contributed by atoms with van der Waals surface area (Å²) in [4.78, 5) is 5.39. The third-order valence-corrected chi connectivity index (χ3v) is 5.61. The fourth-order valence-electron chi connectivity index (χ4n) is 4.46. The molecule has 2 saturated heterocycles. The summed E-state index contributed by atoms with van der Waals surface area (Å²) in [6.45, 7) is 6.36. The lowest BCUT2D eigenvalue weighted by Crippen LogP contribution is -2.45. The van der Waals surface area contributed by atoms with E-state index in [2.05, 4.69) is 9.80 Å². The fraction of sp³-hybridized carbons (Fsp3) is 1.00. The van der Waals surface area contributed by atoms with E-state index >= 15 is 0 Å². The van der Waals surface area contributed by atoms with Crippen LogP contribution >= 0.6 is 0 Å². The molecule has 3 aliphatic rings. The molecule has 2 heterocycles. The molecule has 0 aromatic rings. The van der Waals surface area contributed by atoms with Crippen molar-refractivity contribution in [2.24, 2.45) is 11.7 Å². The first-order valence-corrected chi connectivity index (χ1v) is 8.55. The summed E-state index contributed by atoms with van der Waals surface area (Å²) in [6.07, 6.45) is 11.2. The molecule has 19 heavy (non-hydrogen) atoms. The van der Waals surface area contributed by atoms with Crippen LogP contribution in [0, 0.1) is 5.92 Å². The van der Waals surface area contributed by atoms with Crippen molar-refractivity contribution in [3.63, 3.8) is 0 Å². The van der Waals surface area contributed by atoms with Gasteiger partial charge in [0, 0.05) is 25.2 Å². The van der Waals surface area contributed by atoms with E-state index in [-0.39, 0.29) is 0 Å². The molecule has 0 spiro atoms. The molecular formula is C16H31N3. The van der Waals surface area contributed by atoms with Gasteiger partial charge in [-0.15, -0.1) is 0 Å². The predicted molar refractivity (Wildman–Crippen MR) is 80.2 cm³/mol. The lowest BCUT2D eigenvalue weighted by molar-refractivity contribution is 0.186. The molecule has 2 N–H and O–H groups in total. The third-order valence-electron chi connectivity index (χ3n) is 5.61. The Morgan fingerprint density at radius 1 is 0.895 bits per heavy atom. The molecule has 3 heteroatoms. The van der Waals surface area contributed by atoms with Gasteiger partial charge in [0.25, 0.3) is 0 Å². The highest BCUT2D eigenvalue weighted by Crippen LogP contribution is 2.27. The van der Waals surface area contributed by atoms with E-state index in [4.69, 9.17) is 5.73 Å². The zero-order valence-corrected chi connectivity index (χ0v) is 12.4. The average Bonchev–Trinajstić information content (AvgIpc) is 2.79. The van der Waals surface area contributed by atoms with Gasteiger partial charge in [-0.25, -0.2) is 0 Å². The molecule has 3 nitrogen and oxygen atoms in total. The molecular weight excluding hydrogens is 234 g/mol. The van der Waals surface area contributed by atoms with Gasteiger partial charge < -0.3 is 10.6 Å². The van der Waals surface area contributed by atoms with Crippen LogP contribution in [0.3, 0.4) is 0 Å². The van der Waals surface area contributed by atoms with Gasteiger partial charge in [-0.2, -0.15) is 0 Å². The lowest BCUT2D eigenvalue weighted by atomic mass is 9.84. The maximum absolute atomic E-state index is 6.51. The van der Waals surface area contributed by atoms with Crippen LogP contribution in [-0.2, 0) is 0 Å². The Bertz CT molecular complexity index is 275. The zero-order valence-electron chi connectivity index (χ0n) is 12.4. The van der Waals surface area contributed by atoms with Gasteiger partial charge in [-0.3, -0.25) is 4.90 Å². The zero-order chi connectivity index (χ0) is 13.1. The van der Waals surface area contributed by atoms with Crippen LogP contribution in [0.2, 0.25) is 0 Å². The molecule has 0 bridgehead atoms. The lowest BCUT2D eigenvalue weighted by Gasteiger charge is -2.33. The van der Waals surface area contributed by atoms with Gasteiger partial charge in [0.2, 0.25) is 0 Å². The second kappa shape index (κ2) is 6.55. The molecule has 2 atom stereocenters. The first-order valence-electron chi connectivity index (χ1n) is 8.55. The van der Waals surface area contributed by atoms with E-state index in [0.29, 0.717) is 6.04 Å². The second-order valence-electron chi connectivity index (χ2n) is 7.01. The van der Waals surface area contributed by atoms with Crippen LogP contribution in [0.4, 0.5) is 0 Å². The molecule has 3 rings (SSSR count). The maximum atomic E-state index is 6.51. The maximum Gasteiger partial charge on any atom is 0.0223 e. The summed E-state index contributed by atoms with van der Waals surface area (Å²) < 4.78 is 0. The summed E-state index contributed by atoms with van der Waals surface area (Å²) >= 11 is 0. The van der Waals surface area contributed by atoms with E-state index in [1.807, 2.05) is 0 Å². The molecule has 1 saturated carbocycles. The van der Waals surface area contributed by atoms with E-state index < -0.39 is 0 Å². The summed E-state index contributed by atoms with van der Waals surface area (Å²) in [5.74, 6) is 0.802. The Kier molecular flexibility index (Phi) is 4.78. The SMILES string of the molecule is NC(CN1CCCN2CCCC2C1)C1CCCCC1. The minimum atomic E-state index is 0.424. The Morgan fingerprint density at radius 3 is 2.53 bits per heavy atom. The van der Waals surface area contributed by atoms with Crippen molar-refractivity contribution in [2.45, 2.75) is 63.5 Å². The molecule has 1 aliphatic carbocycles. The molecule has 2 aliphatic heterocycles. The Morgan fingerprint density at radius 2 is 1.68 bits per heavy atom. The Labute approximate surface area is 118 Å². The number of hydrogen-bond acceptors (Lipinski definition) is 3. The van der Waals surface area contributed by atoms with Gasteiger partial charge in [0.15, 0.2) is 0 Å². The van der Waals surface area contributed by atoms with Gasteiger partial charge in [-0.05, 0) is 57.7 Å². The van der Waals surface area contributed by atoms with E-state index in [0.717, 1.165) is 18.5 Å². The minimum Gasteiger partial charge on any atom is -0.326 e. The predicted octanol–water partition coefficient (Wildman–Crippen LogP) is 2.06. The molecule has 2 unspecified atom stereocenters. The first-order chi connectivity index (χ1) is 9.33. The van der Waals surface area contributed by atoms with Crippen molar-refractivity contribution in [2.75, 3.05) is 32.7 Å². The highest BCUT2D eigenvalue weighted by molar-refractivity contribution is 4.87. The molecule has 110 valence electrons. The van der Waals surface area contributed by atoms with Crippen LogP contribution in [0.25, 0.3) is 0 Å². The average molecular weight is 265 g/mol. The molecule has 0 aromatic heterocycles. The summed E-state index contributed by atoms with van der Waals surface area (Å²) in [7, 11) is 0. The monoisotopic (exact) mass is 265 g/mol. The van der Waals surface area contributed by atoms with Crippen molar-refractivity contribution in [3.8, 4) is 0 Å². The summed E-state index contributed by atoms with van der Waals surface area (Å²) in [6, 6.07) is 1.26. The van der Waals surface area contributed by atoms with Crippen molar-refractivity contribution >= 4 is 0 Å². The van der Waals surface area contributed by atoms with E-state index in [9.17, 15) is 0 Å². The summed E-state index contributed by atoms with van der Waals surface area (Å²) in [5, 5.41) is 0. The van der Waals surface area contributed by atoms with E-state index in [1.165, 1.54) is 77.5 Å². The van der Waals surface area contributed by atoms with Gasteiger partial charge >= 0.3 is 0 Å². The Balaban J connectivity index is 1.50. The third kappa shape index (κ3) is 3.50. The molecule has 0 radical (unpaired) electrons. The molecule has 0 aromatic carbocycles. The van der Waals surface area contributed by atoms with E-state index in [1.54, 1.807) is 0 Å². The number of nitrogens with zero attached hydrogens (tertiary/aromatic N) is 2. The van der Waals surface area contributed by atoms with Crippen molar-refractivity contribution < 1.29 is 0 Å². The minimum absolute atomic E-state index is 0.424. The van der Waals surface area contributed by atoms with Crippen LogP contribution in [0.5, 0.6) is 0 Å². The molecule has 0 amide bonds. The second-order valence-corrected chi connectivity index (χ2v) is 7.01. The first kappa shape index (κ1) is 13.8. The normalized spacial score (nSPS) is 33.0. The highest BCUT2D eigenvalue weighted by Gasteiger charge is 2.30. The molecule has 3 fully saturated rings. The van der Waals surface area contributed by atoms with Crippen molar-refractivity contribution in [1.82, 2.24) is 9.80 Å². The smallest absolute Gasteiger partial charge is 0.0223 e. The largest absolute Gasteiger partial charge is 0.326 e. The number of nitrogens with two attached hydrogens (primary N) is 1. The number of hydrogen-bond donors (Lipinski definition) is 1. The quantitative estimate of drug-likeness (QED) is 0.848. The fourth-order valence-corrected chi connectivity index (χ4v) is 4.46. The van der Waals surface area contributed by atoms with Crippen LogP contribution < -0.4 is 5.73 Å². The van der Waals surface area contributed by atoms with Crippen LogP contribution in [0.1, 0.15) is 51.4 Å². The van der Waals surface area contributed by atoms with Gasteiger partial charge in [-0.1, -0.05) is 19.3 Å². The van der Waals surface area contributed by atoms with Gasteiger partial charge in [0.1, 0.15) is 0 Å². The van der Waals surface area contributed by atoms with Crippen molar-refractivity contribution in [3.05, 3.63) is 0 Å².